The fourth-order valence-electron chi connectivity index (χ4n) is 2.95. The largest absolute Gasteiger partial charge is 0.484 e. The Bertz CT molecular complexity index is 1130. The summed E-state index contributed by atoms with van der Waals surface area (Å²) in [5.41, 5.74) is 5.44. The average Bonchev–Trinajstić information content (AvgIpc) is 3.17. The number of nitrogens with zero attached hydrogens (tertiary/aromatic N) is 3. The molecule has 6 heteroatoms. The lowest BCUT2D eigenvalue weighted by Gasteiger charge is -2.07. The van der Waals surface area contributed by atoms with Crippen LogP contribution in [0.5, 0.6) is 5.75 Å². The molecule has 6 nitrogen and oxygen atoms in total. The molecule has 0 aliphatic heterocycles. The van der Waals surface area contributed by atoms with Gasteiger partial charge in [-0.3, -0.25) is 4.79 Å². The fourth-order valence-corrected chi connectivity index (χ4v) is 2.95. The normalized spacial score (nSPS) is 10.8. The van der Waals surface area contributed by atoms with Crippen molar-refractivity contribution < 1.29 is 9.53 Å². The van der Waals surface area contributed by atoms with E-state index in [0.29, 0.717) is 17.0 Å². The summed E-state index contributed by atoms with van der Waals surface area (Å²) in [4.78, 5) is 13.8. The Kier molecular flexibility index (Phi) is 5.24. The first-order valence-corrected chi connectivity index (χ1v) is 9.56. The lowest BCUT2D eigenvalue weighted by molar-refractivity contribution is -0.118. The predicted octanol–water partition coefficient (Wildman–Crippen LogP) is 4.31. The molecule has 0 fully saturated rings. The Morgan fingerprint density at radius 3 is 2.41 bits per heavy atom. The molecule has 4 aromatic rings. The second-order valence-corrected chi connectivity index (χ2v) is 6.86. The van der Waals surface area contributed by atoms with Gasteiger partial charge in [0.25, 0.3) is 5.91 Å². The number of hydrogen-bond donors (Lipinski definition) is 1. The van der Waals surface area contributed by atoms with Crippen molar-refractivity contribution in [3.05, 3.63) is 77.9 Å². The number of rotatable bonds is 6. The summed E-state index contributed by atoms with van der Waals surface area (Å²) >= 11 is 0. The Labute approximate surface area is 169 Å². The smallest absolute Gasteiger partial charge is 0.262 e. The number of aromatic nitrogens is 3. The second kappa shape index (κ2) is 8.14. The summed E-state index contributed by atoms with van der Waals surface area (Å²) in [6.45, 7) is 4.07. The van der Waals surface area contributed by atoms with Gasteiger partial charge in [0, 0.05) is 5.69 Å². The molecule has 29 heavy (non-hydrogen) atoms. The van der Waals surface area contributed by atoms with Crippen LogP contribution in [0.4, 0.5) is 5.69 Å². The van der Waals surface area contributed by atoms with E-state index in [1.165, 1.54) is 5.56 Å². The van der Waals surface area contributed by atoms with Crippen molar-refractivity contribution in [1.29, 1.82) is 0 Å². The van der Waals surface area contributed by atoms with Gasteiger partial charge in [-0.1, -0.05) is 36.8 Å². The van der Waals surface area contributed by atoms with Gasteiger partial charge >= 0.3 is 0 Å². The molecule has 146 valence electrons. The Morgan fingerprint density at radius 1 is 0.966 bits per heavy atom. The third-order valence-electron chi connectivity index (χ3n) is 4.63. The molecule has 1 heterocycles. The van der Waals surface area contributed by atoms with E-state index in [1.807, 2.05) is 61.5 Å². The molecule has 0 unspecified atom stereocenters. The second-order valence-electron chi connectivity index (χ2n) is 6.86. The van der Waals surface area contributed by atoms with E-state index in [9.17, 15) is 4.79 Å². The lowest BCUT2D eigenvalue weighted by atomic mass is 10.2. The number of anilines is 1. The van der Waals surface area contributed by atoms with Crippen LogP contribution in [0.25, 0.3) is 16.7 Å². The van der Waals surface area contributed by atoms with Gasteiger partial charge in [0.15, 0.2) is 6.61 Å². The summed E-state index contributed by atoms with van der Waals surface area (Å²) in [7, 11) is 0. The molecule has 0 aliphatic rings. The zero-order chi connectivity index (χ0) is 20.2. The van der Waals surface area contributed by atoms with Gasteiger partial charge in [-0.2, -0.15) is 4.80 Å². The molecule has 3 aromatic carbocycles. The van der Waals surface area contributed by atoms with Crippen LogP contribution in [-0.4, -0.2) is 27.5 Å². The predicted molar refractivity (Wildman–Crippen MR) is 114 cm³/mol. The molecule has 0 saturated carbocycles. The molecule has 0 atom stereocenters. The van der Waals surface area contributed by atoms with E-state index in [4.69, 9.17) is 4.74 Å². The number of amides is 1. The number of nitrogens with one attached hydrogen (secondary N) is 1. The van der Waals surface area contributed by atoms with Gasteiger partial charge in [-0.05, 0) is 61.4 Å². The van der Waals surface area contributed by atoms with Crippen LogP contribution in [0.3, 0.4) is 0 Å². The van der Waals surface area contributed by atoms with E-state index in [-0.39, 0.29) is 12.5 Å². The first-order chi connectivity index (χ1) is 14.1. The number of fused-ring (bicyclic) bond motifs is 1. The first kappa shape index (κ1) is 18.7. The molecule has 1 N–H and O–H groups in total. The molecule has 0 spiro atoms. The third kappa shape index (κ3) is 4.43. The maximum absolute atomic E-state index is 12.2. The standard InChI is InChI=1S/C23H22N4O2/c1-3-17-6-9-19(10-7-17)27-25-21-13-8-18(14-22(21)26-27)24-23(28)15-29-20-11-4-16(2)5-12-20/h4-14H,3,15H2,1-2H3,(H,24,28). The minimum atomic E-state index is -0.229. The van der Waals surface area contributed by atoms with Crippen molar-refractivity contribution in [2.24, 2.45) is 0 Å². The van der Waals surface area contributed by atoms with E-state index in [2.05, 4.69) is 34.6 Å². The maximum Gasteiger partial charge on any atom is 0.262 e. The van der Waals surface area contributed by atoms with Crippen molar-refractivity contribution in [3.8, 4) is 11.4 Å². The van der Waals surface area contributed by atoms with E-state index < -0.39 is 0 Å². The monoisotopic (exact) mass is 386 g/mol. The topological polar surface area (TPSA) is 69.0 Å². The van der Waals surface area contributed by atoms with Crippen molar-refractivity contribution >= 4 is 22.6 Å². The summed E-state index contributed by atoms with van der Waals surface area (Å²) in [5.74, 6) is 0.436. The molecule has 1 aromatic heterocycles. The number of ether oxygens (including phenoxy) is 1. The van der Waals surface area contributed by atoms with Gasteiger partial charge < -0.3 is 10.1 Å². The maximum atomic E-state index is 12.2. The van der Waals surface area contributed by atoms with Crippen molar-refractivity contribution in [2.75, 3.05) is 11.9 Å². The van der Waals surface area contributed by atoms with Crippen LogP contribution in [0, 0.1) is 6.92 Å². The van der Waals surface area contributed by atoms with Crippen LogP contribution in [-0.2, 0) is 11.2 Å². The SMILES string of the molecule is CCc1ccc(-n2nc3ccc(NC(=O)COc4ccc(C)cc4)cc3n2)cc1. The molecular formula is C23H22N4O2. The van der Waals surface area contributed by atoms with Crippen LogP contribution in [0.1, 0.15) is 18.1 Å². The molecule has 0 radical (unpaired) electrons. The third-order valence-corrected chi connectivity index (χ3v) is 4.63. The van der Waals surface area contributed by atoms with Gasteiger partial charge in [-0.25, -0.2) is 0 Å². The molecule has 0 aliphatic carbocycles. The van der Waals surface area contributed by atoms with Crippen LogP contribution >= 0.6 is 0 Å². The zero-order valence-corrected chi connectivity index (χ0v) is 16.4. The van der Waals surface area contributed by atoms with E-state index >= 15 is 0 Å². The molecule has 0 bridgehead atoms. The highest BCUT2D eigenvalue weighted by Crippen LogP contribution is 2.18. The lowest BCUT2D eigenvalue weighted by Crippen LogP contribution is -2.20. The van der Waals surface area contributed by atoms with Gasteiger partial charge in [0.05, 0.1) is 5.69 Å². The average molecular weight is 386 g/mol. The summed E-state index contributed by atoms with van der Waals surface area (Å²) < 4.78 is 5.52. The fraction of sp³-hybridized carbons (Fsp3) is 0.174. The van der Waals surface area contributed by atoms with Crippen molar-refractivity contribution in [2.45, 2.75) is 20.3 Å². The number of benzene rings is 3. The van der Waals surface area contributed by atoms with Crippen molar-refractivity contribution in [1.82, 2.24) is 15.0 Å². The molecule has 4 rings (SSSR count). The Balaban J connectivity index is 1.44. The summed E-state index contributed by atoms with van der Waals surface area (Å²) in [5, 5.41) is 11.9. The Morgan fingerprint density at radius 2 is 1.69 bits per heavy atom. The first-order valence-electron chi connectivity index (χ1n) is 9.56. The Hall–Kier alpha value is -3.67. The van der Waals surface area contributed by atoms with Gasteiger partial charge in [0.2, 0.25) is 0 Å². The number of carbonyl (C=O) groups excluding carboxylic acids is 1. The molecule has 1 amide bonds. The highest BCUT2D eigenvalue weighted by molar-refractivity contribution is 5.93. The summed E-state index contributed by atoms with van der Waals surface area (Å²) in [6, 6.07) is 21.2. The van der Waals surface area contributed by atoms with E-state index in [0.717, 1.165) is 23.2 Å². The van der Waals surface area contributed by atoms with Crippen molar-refractivity contribution in [3.63, 3.8) is 0 Å². The van der Waals surface area contributed by atoms with Crippen LogP contribution in [0.15, 0.2) is 66.7 Å². The molecular weight excluding hydrogens is 364 g/mol. The minimum absolute atomic E-state index is 0.0580. The number of aryl methyl sites for hydroxylation is 2. The zero-order valence-electron chi connectivity index (χ0n) is 16.4. The highest BCUT2D eigenvalue weighted by Gasteiger charge is 2.08. The minimum Gasteiger partial charge on any atom is -0.484 e. The van der Waals surface area contributed by atoms with Gasteiger partial charge in [0.1, 0.15) is 16.8 Å². The van der Waals surface area contributed by atoms with Crippen LogP contribution < -0.4 is 10.1 Å². The highest BCUT2D eigenvalue weighted by atomic mass is 16.5. The van der Waals surface area contributed by atoms with Crippen LogP contribution in [0.2, 0.25) is 0 Å². The number of hydrogen-bond acceptors (Lipinski definition) is 4. The van der Waals surface area contributed by atoms with Gasteiger partial charge in [-0.15, -0.1) is 10.2 Å². The quantitative estimate of drug-likeness (QED) is 0.536. The summed E-state index contributed by atoms with van der Waals surface area (Å²) in [6.07, 6.45) is 0.992. The van der Waals surface area contributed by atoms with E-state index in [1.54, 1.807) is 4.80 Å². The number of carbonyl (C=O) groups is 1. The molecule has 0 saturated heterocycles.